The molecule has 0 aliphatic heterocycles. The maximum absolute atomic E-state index is 12.3. The summed E-state index contributed by atoms with van der Waals surface area (Å²) in [5, 5.41) is 2.72. The monoisotopic (exact) mass is 418 g/mol. The number of carbonyl (C=O) groups is 1. The Kier molecular flexibility index (Phi) is 8.51. The minimum atomic E-state index is -3.59. The van der Waals surface area contributed by atoms with Crippen LogP contribution in [0, 0.1) is 0 Å². The lowest BCUT2D eigenvalue weighted by atomic mass is 10.1. The van der Waals surface area contributed by atoms with Gasteiger partial charge >= 0.3 is 0 Å². The summed E-state index contributed by atoms with van der Waals surface area (Å²) in [6, 6.07) is 15.1. The Hall–Kier alpha value is -2.54. The molecule has 2 rings (SSSR count). The van der Waals surface area contributed by atoms with Gasteiger partial charge in [0.25, 0.3) is 0 Å². The molecular formula is C22H30N2O4S. The van der Waals surface area contributed by atoms with E-state index in [1.165, 1.54) is 5.56 Å². The molecule has 0 spiro atoms. The second kappa shape index (κ2) is 10.9. The van der Waals surface area contributed by atoms with Crippen LogP contribution in [0.3, 0.4) is 0 Å². The smallest absolute Gasteiger partial charge is 0.240 e. The first-order chi connectivity index (χ1) is 13.8. The van der Waals surface area contributed by atoms with E-state index < -0.39 is 10.0 Å². The molecule has 0 saturated heterocycles. The highest BCUT2D eigenvalue weighted by atomic mass is 32.2. The van der Waals surface area contributed by atoms with E-state index in [9.17, 15) is 13.2 Å². The van der Waals surface area contributed by atoms with Crippen LogP contribution in [0.15, 0.2) is 48.5 Å². The van der Waals surface area contributed by atoms with Gasteiger partial charge in [-0.3, -0.25) is 9.10 Å². The summed E-state index contributed by atoms with van der Waals surface area (Å²) in [5.74, 6) is 0.372. The van der Waals surface area contributed by atoms with Crippen LogP contribution in [-0.2, 0) is 27.7 Å². The van der Waals surface area contributed by atoms with Crippen molar-refractivity contribution in [3.8, 4) is 5.75 Å². The van der Waals surface area contributed by atoms with E-state index in [0.29, 0.717) is 25.3 Å². The third kappa shape index (κ3) is 7.09. The molecule has 0 bridgehead atoms. The Morgan fingerprint density at radius 3 is 2.38 bits per heavy atom. The zero-order valence-corrected chi connectivity index (χ0v) is 18.2. The van der Waals surface area contributed by atoms with Gasteiger partial charge in [-0.15, -0.1) is 0 Å². The first-order valence-corrected chi connectivity index (χ1v) is 11.7. The zero-order valence-electron chi connectivity index (χ0n) is 17.3. The predicted molar refractivity (Wildman–Crippen MR) is 117 cm³/mol. The molecule has 7 heteroatoms. The number of hydrogen-bond acceptors (Lipinski definition) is 4. The SMILES string of the molecule is CCCc1ccc(OCCNC(=O)CN(c2ccccc2CC)S(C)(=O)=O)cc1. The van der Waals surface area contributed by atoms with Crippen LogP contribution in [0.5, 0.6) is 5.75 Å². The van der Waals surface area contributed by atoms with Crippen molar-refractivity contribution in [2.24, 2.45) is 0 Å². The Morgan fingerprint density at radius 1 is 1.07 bits per heavy atom. The molecule has 1 amide bonds. The van der Waals surface area contributed by atoms with Crippen molar-refractivity contribution in [2.45, 2.75) is 33.1 Å². The lowest BCUT2D eigenvalue weighted by Gasteiger charge is -2.24. The molecule has 0 atom stereocenters. The van der Waals surface area contributed by atoms with Crippen LogP contribution < -0.4 is 14.4 Å². The number of nitrogens with one attached hydrogen (secondary N) is 1. The van der Waals surface area contributed by atoms with Gasteiger partial charge in [0.05, 0.1) is 18.5 Å². The summed E-state index contributed by atoms with van der Waals surface area (Å²) >= 11 is 0. The Bertz CT molecular complexity index is 895. The van der Waals surface area contributed by atoms with Crippen LogP contribution in [-0.4, -0.2) is 40.3 Å². The fraction of sp³-hybridized carbons (Fsp3) is 0.409. The van der Waals surface area contributed by atoms with E-state index in [1.54, 1.807) is 12.1 Å². The standard InChI is InChI=1S/C22H30N2O4S/c1-4-8-18-11-13-20(14-12-18)28-16-15-23-22(25)17-24(29(3,26)27)21-10-7-6-9-19(21)5-2/h6-7,9-14H,4-5,8,15-17H2,1-3H3,(H,23,25). The molecule has 0 radical (unpaired) electrons. The molecule has 2 aromatic carbocycles. The average molecular weight is 419 g/mol. The molecule has 0 aromatic heterocycles. The van der Waals surface area contributed by atoms with Crippen molar-refractivity contribution in [2.75, 3.05) is 30.3 Å². The normalized spacial score (nSPS) is 11.1. The second-order valence-corrected chi connectivity index (χ2v) is 8.75. The first kappa shape index (κ1) is 22.7. The van der Waals surface area contributed by atoms with Gasteiger partial charge in [-0.25, -0.2) is 8.42 Å². The summed E-state index contributed by atoms with van der Waals surface area (Å²) in [6.07, 6.45) is 3.92. The van der Waals surface area contributed by atoms with Crippen LogP contribution in [0.1, 0.15) is 31.4 Å². The molecular weight excluding hydrogens is 388 g/mol. The van der Waals surface area contributed by atoms with E-state index in [1.807, 2.05) is 43.3 Å². The molecule has 2 aromatic rings. The van der Waals surface area contributed by atoms with Crippen LogP contribution >= 0.6 is 0 Å². The molecule has 6 nitrogen and oxygen atoms in total. The van der Waals surface area contributed by atoms with Crippen molar-refractivity contribution >= 4 is 21.6 Å². The van der Waals surface area contributed by atoms with E-state index in [0.717, 1.165) is 34.7 Å². The van der Waals surface area contributed by atoms with Gasteiger partial charge in [0, 0.05) is 0 Å². The van der Waals surface area contributed by atoms with Crippen molar-refractivity contribution < 1.29 is 17.9 Å². The van der Waals surface area contributed by atoms with Crippen molar-refractivity contribution in [3.63, 3.8) is 0 Å². The van der Waals surface area contributed by atoms with E-state index in [-0.39, 0.29) is 12.5 Å². The predicted octanol–water partition coefficient (Wildman–Crippen LogP) is 3.16. The van der Waals surface area contributed by atoms with Crippen molar-refractivity contribution in [1.29, 1.82) is 0 Å². The number of nitrogens with zero attached hydrogens (tertiary/aromatic N) is 1. The van der Waals surface area contributed by atoms with Gasteiger partial charge in [-0.1, -0.05) is 50.6 Å². The minimum Gasteiger partial charge on any atom is -0.492 e. The van der Waals surface area contributed by atoms with E-state index >= 15 is 0 Å². The molecule has 0 unspecified atom stereocenters. The van der Waals surface area contributed by atoms with Crippen LogP contribution in [0.2, 0.25) is 0 Å². The number of sulfonamides is 1. The number of rotatable bonds is 11. The Balaban J connectivity index is 1.89. The number of anilines is 1. The molecule has 0 aliphatic carbocycles. The highest BCUT2D eigenvalue weighted by Crippen LogP contribution is 2.23. The molecule has 158 valence electrons. The summed E-state index contributed by atoms with van der Waals surface area (Å²) in [7, 11) is -3.59. The van der Waals surface area contributed by atoms with Gasteiger partial charge < -0.3 is 10.1 Å². The van der Waals surface area contributed by atoms with Gasteiger partial charge in [-0.2, -0.15) is 0 Å². The van der Waals surface area contributed by atoms with Crippen LogP contribution in [0.4, 0.5) is 5.69 Å². The number of benzene rings is 2. The van der Waals surface area contributed by atoms with E-state index in [4.69, 9.17) is 4.74 Å². The van der Waals surface area contributed by atoms with E-state index in [2.05, 4.69) is 12.2 Å². The summed E-state index contributed by atoms with van der Waals surface area (Å²) in [5.41, 5.74) is 2.68. The number of amides is 1. The zero-order chi connectivity index (χ0) is 21.3. The van der Waals surface area contributed by atoms with Crippen LogP contribution in [0.25, 0.3) is 0 Å². The Morgan fingerprint density at radius 2 is 1.76 bits per heavy atom. The number of ether oxygens (including phenoxy) is 1. The lowest BCUT2D eigenvalue weighted by molar-refractivity contribution is -0.119. The summed E-state index contributed by atoms with van der Waals surface area (Å²) in [6.45, 7) is 4.43. The molecule has 1 N–H and O–H groups in total. The highest BCUT2D eigenvalue weighted by Gasteiger charge is 2.22. The number of hydrogen-bond donors (Lipinski definition) is 1. The highest BCUT2D eigenvalue weighted by molar-refractivity contribution is 7.92. The quantitative estimate of drug-likeness (QED) is 0.569. The first-order valence-electron chi connectivity index (χ1n) is 9.89. The summed E-state index contributed by atoms with van der Waals surface area (Å²) in [4.78, 5) is 12.3. The van der Waals surface area contributed by atoms with Gasteiger partial charge in [0.1, 0.15) is 18.9 Å². The summed E-state index contributed by atoms with van der Waals surface area (Å²) < 4.78 is 31.3. The molecule has 0 fully saturated rings. The molecule has 0 aliphatic rings. The van der Waals surface area contributed by atoms with Gasteiger partial charge in [0.15, 0.2) is 0 Å². The fourth-order valence-electron chi connectivity index (χ4n) is 3.02. The number of aryl methyl sites for hydroxylation is 2. The van der Waals surface area contributed by atoms with Gasteiger partial charge in [0.2, 0.25) is 15.9 Å². The van der Waals surface area contributed by atoms with Gasteiger partial charge in [-0.05, 0) is 42.2 Å². The lowest BCUT2D eigenvalue weighted by Crippen LogP contribution is -2.41. The maximum Gasteiger partial charge on any atom is 0.240 e. The third-order valence-corrected chi connectivity index (χ3v) is 5.61. The van der Waals surface area contributed by atoms with Crippen molar-refractivity contribution in [1.82, 2.24) is 5.32 Å². The number of para-hydroxylation sites is 1. The fourth-order valence-corrected chi connectivity index (χ4v) is 3.91. The maximum atomic E-state index is 12.3. The Labute approximate surface area is 173 Å². The number of carbonyl (C=O) groups excluding carboxylic acids is 1. The molecule has 29 heavy (non-hydrogen) atoms. The average Bonchev–Trinajstić information content (AvgIpc) is 2.70. The minimum absolute atomic E-state index is 0.262. The largest absolute Gasteiger partial charge is 0.492 e. The second-order valence-electron chi connectivity index (χ2n) is 6.84. The van der Waals surface area contributed by atoms with Crippen molar-refractivity contribution in [3.05, 3.63) is 59.7 Å². The molecule has 0 heterocycles. The third-order valence-electron chi connectivity index (χ3n) is 4.48. The molecule has 0 saturated carbocycles. The topological polar surface area (TPSA) is 75.7 Å².